The Morgan fingerprint density at radius 1 is 0.895 bits per heavy atom. The Morgan fingerprint density at radius 3 is 2.00 bits per heavy atom. The first kappa shape index (κ1) is 11.5. The van der Waals surface area contributed by atoms with Gasteiger partial charge in [0.2, 0.25) is 0 Å². The standard InChI is InChI=1S/C18H21N/c1-2-12-3-5-17(6-4-12)19-18-15-8-13-7-14(10-15)11-16(18)9-13/h2-6,13-16H,1,7-11H2. The average Bonchev–Trinajstić information content (AvgIpc) is 2.43. The van der Waals surface area contributed by atoms with E-state index in [-0.39, 0.29) is 0 Å². The Kier molecular flexibility index (Phi) is 2.61. The monoisotopic (exact) mass is 251 g/mol. The highest BCUT2D eigenvalue weighted by Crippen LogP contribution is 2.52. The average molecular weight is 251 g/mol. The van der Waals surface area contributed by atoms with E-state index in [2.05, 4.69) is 30.8 Å². The van der Waals surface area contributed by atoms with Crippen LogP contribution >= 0.6 is 0 Å². The second-order valence-electron chi connectivity index (χ2n) is 6.64. The minimum absolute atomic E-state index is 0.801. The molecular weight excluding hydrogens is 230 g/mol. The third-order valence-electron chi connectivity index (χ3n) is 5.36. The number of benzene rings is 1. The van der Waals surface area contributed by atoms with Gasteiger partial charge >= 0.3 is 0 Å². The minimum Gasteiger partial charge on any atom is -0.257 e. The largest absolute Gasteiger partial charge is 0.257 e. The van der Waals surface area contributed by atoms with Crippen LogP contribution in [0, 0.1) is 23.7 Å². The molecule has 98 valence electrons. The summed E-state index contributed by atoms with van der Waals surface area (Å²) in [6.45, 7) is 3.80. The summed E-state index contributed by atoms with van der Waals surface area (Å²) in [4.78, 5) is 5.02. The lowest BCUT2D eigenvalue weighted by molar-refractivity contribution is 0.109. The first-order valence-electron chi connectivity index (χ1n) is 7.63. The van der Waals surface area contributed by atoms with Gasteiger partial charge in [-0.3, -0.25) is 4.99 Å². The number of aliphatic imine (C=N–C) groups is 1. The zero-order valence-corrected chi connectivity index (χ0v) is 11.4. The highest BCUT2D eigenvalue weighted by Gasteiger charge is 2.46. The number of nitrogens with zero attached hydrogens (tertiary/aromatic N) is 1. The Labute approximate surface area is 115 Å². The van der Waals surface area contributed by atoms with Crippen LogP contribution in [0.15, 0.2) is 35.8 Å². The maximum Gasteiger partial charge on any atom is 0.0629 e. The van der Waals surface area contributed by atoms with E-state index >= 15 is 0 Å². The first-order valence-corrected chi connectivity index (χ1v) is 7.63. The quantitative estimate of drug-likeness (QED) is 0.712. The van der Waals surface area contributed by atoms with E-state index in [1.54, 1.807) is 0 Å². The molecule has 4 aliphatic carbocycles. The molecule has 4 fully saturated rings. The molecule has 0 aliphatic heterocycles. The van der Waals surface area contributed by atoms with Gasteiger partial charge < -0.3 is 0 Å². The van der Waals surface area contributed by atoms with Crippen LogP contribution in [0.1, 0.15) is 37.7 Å². The van der Waals surface area contributed by atoms with Crippen molar-refractivity contribution in [3.8, 4) is 0 Å². The molecule has 1 heteroatoms. The summed E-state index contributed by atoms with van der Waals surface area (Å²) in [6.07, 6.45) is 9.05. The van der Waals surface area contributed by atoms with Gasteiger partial charge in [-0.2, -0.15) is 0 Å². The van der Waals surface area contributed by atoms with Gasteiger partial charge in [-0.15, -0.1) is 0 Å². The first-order chi connectivity index (χ1) is 9.31. The molecule has 0 heterocycles. The fraction of sp³-hybridized carbons (Fsp3) is 0.500. The van der Waals surface area contributed by atoms with Gasteiger partial charge in [-0.1, -0.05) is 24.8 Å². The van der Waals surface area contributed by atoms with Gasteiger partial charge in [0.05, 0.1) is 5.69 Å². The Hall–Kier alpha value is -1.37. The van der Waals surface area contributed by atoms with Crippen LogP contribution < -0.4 is 0 Å². The SMILES string of the molecule is C=Cc1ccc(N=C2C3CC4CC(C3)CC2C4)cc1. The normalized spacial score (nSPS) is 35.5. The predicted octanol–water partition coefficient (Wildman–Crippen LogP) is 4.86. The molecule has 4 aliphatic rings. The van der Waals surface area contributed by atoms with Crippen LogP contribution in [0.25, 0.3) is 6.08 Å². The zero-order chi connectivity index (χ0) is 12.8. The molecule has 0 saturated heterocycles. The third-order valence-corrected chi connectivity index (χ3v) is 5.36. The van der Waals surface area contributed by atoms with E-state index in [0.717, 1.165) is 29.4 Å². The Bertz CT molecular complexity index is 493. The second kappa shape index (κ2) is 4.33. The lowest BCUT2D eigenvalue weighted by atomic mass is 9.55. The molecule has 4 bridgehead atoms. The molecule has 0 aromatic heterocycles. The molecule has 0 atom stereocenters. The molecule has 0 spiro atoms. The maximum absolute atomic E-state index is 5.02. The highest BCUT2D eigenvalue weighted by atomic mass is 14.8. The van der Waals surface area contributed by atoms with Crippen LogP contribution in [0.4, 0.5) is 5.69 Å². The molecule has 1 aromatic carbocycles. The topological polar surface area (TPSA) is 12.4 Å². The zero-order valence-electron chi connectivity index (χ0n) is 11.4. The third kappa shape index (κ3) is 1.96. The van der Waals surface area contributed by atoms with Crippen LogP contribution in [-0.2, 0) is 0 Å². The van der Waals surface area contributed by atoms with Gasteiger partial charge in [0, 0.05) is 5.71 Å². The number of hydrogen-bond donors (Lipinski definition) is 0. The molecule has 19 heavy (non-hydrogen) atoms. The van der Waals surface area contributed by atoms with Crippen molar-refractivity contribution >= 4 is 17.5 Å². The minimum atomic E-state index is 0.801. The second-order valence-corrected chi connectivity index (χ2v) is 6.64. The molecular formula is C18H21N. The molecule has 1 nitrogen and oxygen atoms in total. The van der Waals surface area contributed by atoms with E-state index < -0.39 is 0 Å². The van der Waals surface area contributed by atoms with Gasteiger partial charge in [0.1, 0.15) is 0 Å². The van der Waals surface area contributed by atoms with Crippen molar-refractivity contribution in [1.29, 1.82) is 0 Å². The van der Waals surface area contributed by atoms with Gasteiger partial charge in [-0.25, -0.2) is 0 Å². The molecule has 0 N–H and O–H groups in total. The van der Waals surface area contributed by atoms with E-state index in [0.29, 0.717) is 0 Å². The molecule has 4 saturated carbocycles. The van der Waals surface area contributed by atoms with Crippen molar-refractivity contribution in [2.75, 3.05) is 0 Å². The summed E-state index contributed by atoms with van der Waals surface area (Å²) in [7, 11) is 0. The van der Waals surface area contributed by atoms with Crippen molar-refractivity contribution in [2.24, 2.45) is 28.7 Å². The molecule has 1 aromatic rings. The summed E-state index contributed by atoms with van der Waals surface area (Å²) >= 11 is 0. The summed E-state index contributed by atoms with van der Waals surface area (Å²) in [5.74, 6) is 3.64. The van der Waals surface area contributed by atoms with E-state index in [4.69, 9.17) is 4.99 Å². The predicted molar refractivity (Wildman–Crippen MR) is 80.7 cm³/mol. The summed E-state index contributed by atoms with van der Waals surface area (Å²) < 4.78 is 0. The van der Waals surface area contributed by atoms with Crippen molar-refractivity contribution in [2.45, 2.75) is 32.1 Å². The van der Waals surface area contributed by atoms with Gasteiger partial charge in [0.15, 0.2) is 0 Å². The van der Waals surface area contributed by atoms with E-state index in [1.807, 2.05) is 6.08 Å². The molecule has 0 amide bonds. The van der Waals surface area contributed by atoms with Crippen molar-refractivity contribution in [3.05, 3.63) is 36.4 Å². The lowest BCUT2D eigenvalue weighted by Crippen LogP contribution is -2.45. The van der Waals surface area contributed by atoms with Crippen LogP contribution in [0.3, 0.4) is 0 Å². The van der Waals surface area contributed by atoms with E-state index in [9.17, 15) is 0 Å². The number of rotatable bonds is 2. The smallest absolute Gasteiger partial charge is 0.0629 e. The van der Waals surface area contributed by atoms with Gasteiger partial charge in [-0.05, 0) is 73.5 Å². The Morgan fingerprint density at radius 2 is 1.47 bits per heavy atom. The maximum atomic E-state index is 5.02. The molecule has 0 unspecified atom stereocenters. The van der Waals surface area contributed by atoms with Crippen LogP contribution in [0.2, 0.25) is 0 Å². The summed E-state index contributed by atoms with van der Waals surface area (Å²) in [6, 6.07) is 8.50. The van der Waals surface area contributed by atoms with Crippen LogP contribution in [0.5, 0.6) is 0 Å². The fourth-order valence-electron chi connectivity index (χ4n) is 4.68. The van der Waals surface area contributed by atoms with Gasteiger partial charge in [0.25, 0.3) is 0 Å². The lowest BCUT2D eigenvalue weighted by Gasteiger charge is -2.50. The highest BCUT2D eigenvalue weighted by molar-refractivity contribution is 5.92. The van der Waals surface area contributed by atoms with Crippen molar-refractivity contribution in [3.63, 3.8) is 0 Å². The Balaban J connectivity index is 1.64. The molecule has 5 rings (SSSR count). The van der Waals surface area contributed by atoms with Crippen molar-refractivity contribution < 1.29 is 0 Å². The number of hydrogen-bond acceptors (Lipinski definition) is 1. The van der Waals surface area contributed by atoms with Crippen molar-refractivity contribution in [1.82, 2.24) is 0 Å². The fourth-order valence-corrected chi connectivity index (χ4v) is 4.68. The molecule has 0 radical (unpaired) electrons. The van der Waals surface area contributed by atoms with Crippen LogP contribution in [-0.4, -0.2) is 5.71 Å². The summed E-state index contributed by atoms with van der Waals surface area (Å²) in [5, 5.41) is 0. The van der Waals surface area contributed by atoms with E-state index in [1.165, 1.54) is 43.4 Å². The summed E-state index contributed by atoms with van der Waals surface area (Å²) in [5.41, 5.74) is 3.83.